The Kier molecular flexibility index (Phi) is 10.8. The van der Waals surface area contributed by atoms with Crippen molar-refractivity contribution in [1.29, 1.82) is 0 Å². The summed E-state index contributed by atoms with van der Waals surface area (Å²) in [6.07, 6.45) is 9.25. The molecule has 1 heterocycles. The third kappa shape index (κ3) is 9.26. The van der Waals surface area contributed by atoms with E-state index in [4.69, 9.17) is 0 Å². The molecule has 4 rings (SSSR count). The first-order chi connectivity index (χ1) is 22.0. The molecule has 0 aromatic carbocycles. The van der Waals surface area contributed by atoms with Gasteiger partial charge in [0.05, 0.1) is 0 Å². The average Bonchev–Trinajstić information content (AvgIpc) is 2.88. The molecule has 0 spiro atoms. The Labute approximate surface area is 300 Å². The Morgan fingerprint density at radius 3 is 1.08 bits per heavy atom. The van der Waals surface area contributed by atoms with Gasteiger partial charge in [0.15, 0.2) is 0 Å². The van der Waals surface area contributed by atoms with Crippen LogP contribution in [-0.4, -0.2) is 13.7 Å². The van der Waals surface area contributed by atoms with Gasteiger partial charge in [-0.25, -0.2) is 28.1 Å². The van der Waals surface area contributed by atoms with Crippen molar-refractivity contribution < 1.29 is 0 Å². The van der Waals surface area contributed by atoms with E-state index in [2.05, 4.69) is 111 Å². The van der Waals surface area contributed by atoms with Gasteiger partial charge in [0.25, 0.3) is 0 Å². The highest BCUT2D eigenvalue weighted by atomic mass is 16.2. The molecule has 3 aliphatic carbocycles. The van der Waals surface area contributed by atoms with Gasteiger partial charge in [-0.2, -0.15) is 0 Å². The number of aromatic nitrogens is 3. The molecule has 6 atom stereocenters. The fourth-order valence-electron chi connectivity index (χ4n) is 12.2. The zero-order valence-electron chi connectivity index (χ0n) is 34.9. The molecule has 0 aliphatic heterocycles. The minimum absolute atomic E-state index is 0.0993. The molecular formula is C43H77N3O3. The van der Waals surface area contributed by atoms with Crippen molar-refractivity contribution in [3.8, 4) is 0 Å². The van der Waals surface area contributed by atoms with E-state index in [0.29, 0.717) is 49.2 Å². The van der Waals surface area contributed by atoms with Gasteiger partial charge in [-0.15, -0.1) is 0 Å². The Morgan fingerprint density at radius 2 is 0.796 bits per heavy atom. The maximum Gasteiger partial charge on any atom is 0.336 e. The quantitative estimate of drug-likeness (QED) is 0.274. The second kappa shape index (κ2) is 13.1. The molecular weight excluding hydrogens is 606 g/mol. The summed E-state index contributed by atoms with van der Waals surface area (Å²) < 4.78 is 4.53. The number of hydrogen-bond acceptors (Lipinski definition) is 3. The molecule has 0 radical (unpaired) electrons. The maximum absolute atomic E-state index is 14.7. The summed E-state index contributed by atoms with van der Waals surface area (Å²) in [5.74, 6) is 2.63. The van der Waals surface area contributed by atoms with Gasteiger partial charge in [0, 0.05) is 19.6 Å². The van der Waals surface area contributed by atoms with Crippen molar-refractivity contribution in [3.63, 3.8) is 0 Å². The van der Waals surface area contributed by atoms with Gasteiger partial charge in [0.1, 0.15) is 0 Å². The highest BCUT2D eigenvalue weighted by molar-refractivity contribution is 4.99. The molecule has 3 aliphatic rings. The lowest BCUT2D eigenvalue weighted by Gasteiger charge is -2.51. The maximum atomic E-state index is 14.7. The zero-order valence-corrected chi connectivity index (χ0v) is 34.9. The van der Waals surface area contributed by atoms with Crippen molar-refractivity contribution in [1.82, 2.24) is 13.7 Å². The first-order valence-corrected chi connectivity index (χ1v) is 19.9. The number of nitrogens with zero attached hydrogens (tertiary/aromatic N) is 3. The molecule has 3 fully saturated rings. The van der Waals surface area contributed by atoms with Crippen LogP contribution in [0.2, 0.25) is 0 Å². The molecule has 0 bridgehead atoms. The molecule has 49 heavy (non-hydrogen) atoms. The summed E-state index contributed by atoms with van der Waals surface area (Å²) >= 11 is 0. The van der Waals surface area contributed by atoms with E-state index >= 15 is 0 Å². The SMILES string of the molecule is CC(C)C1CC(C)(C)CC(C)(Cn2c(=O)n(CC3(C)CC(C(C)C)CC(C)(C)C3)c(=O)n(CC3(C)CC(C(C)(C)C)CC(C)(C)C3)c2=O)C1. The van der Waals surface area contributed by atoms with Gasteiger partial charge in [-0.05, 0) is 125 Å². The molecule has 0 N–H and O–H groups in total. The molecule has 1 aromatic rings. The van der Waals surface area contributed by atoms with E-state index in [9.17, 15) is 14.4 Å². The third-order valence-corrected chi connectivity index (χ3v) is 13.5. The van der Waals surface area contributed by atoms with Crippen LogP contribution < -0.4 is 17.1 Å². The zero-order chi connectivity index (χ0) is 37.3. The molecule has 6 nitrogen and oxygen atoms in total. The Balaban J connectivity index is 1.88. The lowest BCUT2D eigenvalue weighted by molar-refractivity contribution is -0.00661. The smallest absolute Gasteiger partial charge is 0.247 e. The molecule has 0 amide bonds. The summed E-state index contributed by atoms with van der Waals surface area (Å²) in [5.41, 5.74) is -1.39. The molecule has 6 unspecified atom stereocenters. The molecule has 3 saturated carbocycles. The van der Waals surface area contributed by atoms with Gasteiger partial charge in [-0.3, -0.25) is 0 Å². The predicted octanol–water partition coefficient (Wildman–Crippen LogP) is 10.0. The summed E-state index contributed by atoms with van der Waals surface area (Å²) in [6, 6.07) is 0. The van der Waals surface area contributed by atoms with E-state index in [0.717, 1.165) is 57.8 Å². The van der Waals surface area contributed by atoms with Crippen molar-refractivity contribution in [2.24, 2.45) is 67.5 Å². The van der Waals surface area contributed by atoms with Gasteiger partial charge in [0.2, 0.25) is 0 Å². The van der Waals surface area contributed by atoms with Crippen LogP contribution in [-0.2, 0) is 19.6 Å². The molecule has 1 aromatic heterocycles. The Bertz CT molecular complexity index is 1450. The second-order valence-electron chi connectivity index (χ2n) is 23.4. The summed E-state index contributed by atoms with van der Waals surface area (Å²) in [7, 11) is 0. The van der Waals surface area contributed by atoms with Crippen LogP contribution in [0.5, 0.6) is 0 Å². The fourth-order valence-corrected chi connectivity index (χ4v) is 12.2. The Hall–Kier alpha value is -1.59. The van der Waals surface area contributed by atoms with Crippen molar-refractivity contribution in [2.75, 3.05) is 0 Å². The van der Waals surface area contributed by atoms with Crippen LogP contribution in [0.4, 0.5) is 0 Å². The highest BCUT2D eigenvalue weighted by Gasteiger charge is 2.47. The van der Waals surface area contributed by atoms with Gasteiger partial charge >= 0.3 is 17.1 Å². The summed E-state index contributed by atoms with van der Waals surface area (Å²) in [5, 5.41) is 0. The van der Waals surface area contributed by atoms with E-state index < -0.39 is 17.1 Å². The highest BCUT2D eigenvalue weighted by Crippen LogP contribution is 2.55. The molecule has 6 heteroatoms. The van der Waals surface area contributed by atoms with Crippen LogP contribution in [0.25, 0.3) is 0 Å². The number of rotatable bonds is 8. The van der Waals surface area contributed by atoms with Crippen LogP contribution in [0.15, 0.2) is 14.4 Å². The first kappa shape index (κ1) is 40.2. The Morgan fingerprint density at radius 1 is 0.510 bits per heavy atom. The largest absolute Gasteiger partial charge is 0.336 e. The molecule has 282 valence electrons. The standard InChI is InChI=1S/C43H77N3O3/c1-29(2)31-17-38(8,9)23-41(14,19-31)26-44-34(47)45(27-42(15)20-32(30(3)4)18-39(10,11)24-42)36(49)46(35(44)48)28-43(16)22-33(37(5,6)7)21-40(12,13)25-43/h29-33H,17-28H2,1-16H3. The van der Waals surface area contributed by atoms with Crippen LogP contribution in [0.1, 0.15) is 169 Å². The van der Waals surface area contributed by atoms with E-state index in [1.807, 2.05) is 0 Å². The van der Waals surface area contributed by atoms with E-state index in [-0.39, 0.29) is 37.9 Å². The van der Waals surface area contributed by atoms with Crippen LogP contribution in [0.3, 0.4) is 0 Å². The van der Waals surface area contributed by atoms with Crippen LogP contribution >= 0.6 is 0 Å². The van der Waals surface area contributed by atoms with E-state index in [1.54, 1.807) is 0 Å². The minimum Gasteiger partial charge on any atom is -0.247 e. The minimum atomic E-state index is -0.400. The van der Waals surface area contributed by atoms with Crippen molar-refractivity contribution in [3.05, 3.63) is 31.5 Å². The normalized spacial score (nSPS) is 34.8. The number of hydrogen-bond donors (Lipinski definition) is 0. The van der Waals surface area contributed by atoms with Crippen LogP contribution in [0, 0.1) is 67.5 Å². The topological polar surface area (TPSA) is 66.0 Å². The summed E-state index contributed by atoms with van der Waals surface area (Å²) in [4.78, 5) is 44.2. The predicted molar refractivity (Wildman–Crippen MR) is 206 cm³/mol. The van der Waals surface area contributed by atoms with Crippen molar-refractivity contribution >= 4 is 0 Å². The van der Waals surface area contributed by atoms with E-state index in [1.165, 1.54) is 13.7 Å². The lowest BCUT2D eigenvalue weighted by Crippen LogP contribution is -2.59. The summed E-state index contributed by atoms with van der Waals surface area (Å²) in [6.45, 7) is 38.2. The first-order valence-electron chi connectivity index (χ1n) is 19.9. The second-order valence-corrected chi connectivity index (χ2v) is 23.4. The third-order valence-electron chi connectivity index (χ3n) is 13.5. The monoisotopic (exact) mass is 684 g/mol. The van der Waals surface area contributed by atoms with Gasteiger partial charge < -0.3 is 0 Å². The lowest BCUT2D eigenvalue weighted by atomic mass is 9.56. The fraction of sp³-hybridized carbons (Fsp3) is 0.930. The molecule has 0 saturated heterocycles. The average molecular weight is 684 g/mol. The van der Waals surface area contributed by atoms with Gasteiger partial charge in [-0.1, -0.05) is 111 Å². The van der Waals surface area contributed by atoms with Crippen molar-refractivity contribution in [2.45, 2.75) is 188 Å².